The van der Waals surface area contributed by atoms with Gasteiger partial charge in [-0.25, -0.2) is 14.4 Å². The molecule has 4 rings (SSSR count). The summed E-state index contributed by atoms with van der Waals surface area (Å²) in [4.78, 5) is 24.7. The van der Waals surface area contributed by atoms with E-state index in [2.05, 4.69) is 20.2 Å². The zero-order chi connectivity index (χ0) is 17.4. The van der Waals surface area contributed by atoms with E-state index in [1.54, 1.807) is 0 Å². The number of aryl methyl sites for hydroxylation is 1. The van der Waals surface area contributed by atoms with Gasteiger partial charge in [0.05, 0.1) is 18.4 Å². The number of fused-ring (bicyclic) bond motifs is 1. The molecule has 2 aromatic heterocycles. The molecule has 3 heterocycles. The van der Waals surface area contributed by atoms with Crippen LogP contribution in [0.4, 0.5) is 10.3 Å². The second kappa shape index (κ2) is 6.42. The standard InChI is InChI=1S/C17H21FN6O/c1-23(17-19-8-11(18)9-20-17)12-6-7-24(10-12)16(25)15-13-4-2-3-5-14(13)21-22-15/h8-9,12H,2-7,10H2,1H3,(H,21,22). The smallest absolute Gasteiger partial charge is 0.274 e. The summed E-state index contributed by atoms with van der Waals surface area (Å²) in [5.74, 6) is 0.0110. The number of anilines is 1. The molecule has 0 spiro atoms. The lowest BCUT2D eigenvalue weighted by Gasteiger charge is -2.24. The SMILES string of the molecule is CN(c1ncc(F)cn1)C1CCN(C(=O)c2n[nH]c3c2CCCC3)C1. The van der Waals surface area contributed by atoms with Gasteiger partial charge in [0.25, 0.3) is 5.91 Å². The van der Waals surface area contributed by atoms with E-state index < -0.39 is 5.82 Å². The summed E-state index contributed by atoms with van der Waals surface area (Å²) in [7, 11) is 1.88. The zero-order valence-electron chi connectivity index (χ0n) is 14.2. The molecule has 8 heteroatoms. The highest BCUT2D eigenvalue weighted by atomic mass is 19.1. The van der Waals surface area contributed by atoms with Crippen molar-refractivity contribution in [3.63, 3.8) is 0 Å². The van der Waals surface area contributed by atoms with Crippen LogP contribution in [0.15, 0.2) is 12.4 Å². The summed E-state index contributed by atoms with van der Waals surface area (Å²) in [6.07, 6.45) is 7.31. The minimum Gasteiger partial charge on any atom is -0.339 e. The number of halogens is 1. The Kier molecular flexibility index (Phi) is 4.10. The number of hydrogen-bond donors (Lipinski definition) is 1. The van der Waals surface area contributed by atoms with Crippen molar-refractivity contribution in [1.82, 2.24) is 25.1 Å². The molecular weight excluding hydrogens is 323 g/mol. The number of aromatic amines is 1. The molecule has 0 saturated carbocycles. The Bertz CT molecular complexity index is 774. The Labute approximate surface area is 145 Å². The molecule has 1 saturated heterocycles. The predicted octanol–water partition coefficient (Wildman–Crippen LogP) is 1.57. The van der Waals surface area contributed by atoms with E-state index in [1.165, 1.54) is 0 Å². The summed E-state index contributed by atoms with van der Waals surface area (Å²) >= 11 is 0. The molecule has 1 fully saturated rings. The van der Waals surface area contributed by atoms with E-state index in [-0.39, 0.29) is 11.9 Å². The number of likely N-dealkylation sites (tertiary alicyclic amines) is 1. The first-order chi connectivity index (χ1) is 12.1. The van der Waals surface area contributed by atoms with Crippen LogP contribution in [0, 0.1) is 5.82 Å². The Morgan fingerprint density at radius 3 is 2.88 bits per heavy atom. The maximum Gasteiger partial charge on any atom is 0.274 e. The van der Waals surface area contributed by atoms with Gasteiger partial charge in [0, 0.05) is 31.4 Å². The first-order valence-electron chi connectivity index (χ1n) is 8.69. The highest BCUT2D eigenvalue weighted by Crippen LogP contribution is 2.25. The molecule has 0 aromatic carbocycles. The number of hydrogen-bond acceptors (Lipinski definition) is 5. The van der Waals surface area contributed by atoms with Gasteiger partial charge in [-0.3, -0.25) is 9.89 Å². The maximum absolute atomic E-state index is 13.0. The summed E-state index contributed by atoms with van der Waals surface area (Å²) < 4.78 is 13.0. The molecule has 1 aliphatic carbocycles. The van der Waals surface area contributed by atoms with E-state index in [1.807, 2.05) is 16.8 Å². The average Bonchev–Trinajstić information content (AvgIpc) is 3.29. The first-order valence-corrected chi connectivity index (χ1v) is 8.69. The van der Waals surface area contributed by atoms with Crippen LogP contribution in [0.25, 0.3) is 0 Å². The van der Waals surface area contributed by atoms with E-state index in [9.17, 15) is 9.18 Å². The lowest BCUT2D eigenvalue weighted by molar-refractivity contribution is 0.0783. The number of amides is 1. The molecule has 2 aromatic rings. The Balaban J connectivity index is 1.46. The van der Waals surface area contributed by atoms with Crippen molar-refractivity contribution >= 4 is 11.9 Å². The second-order valence-electron chi connectivity index (χ2n) is 6.74. The second-order valence-corrected chi connectivity index (χ2v) is 6.74. The number of carbonyl (C=O) groups excluding carboxylic acids is 1. The van der Waals surface area contributed by atoms with Crippen molar-refractivity contribution < 1.29 is 9.18 Å². The summed E-state index contributed by atoms with van der Waals surface area (Å²) in [6.45, 7) is 1.27. The van der Waals surface area contributed by atoms with Crippen molar-refractivity contribution in [2.24, 2.45) is 0 Å². The van der Waals surface area contributed by atoms with Gasteiger partial charge >= 0.3 is 0 Å². The van der Waals surface area contributed by atoms with Crippen LogP contribution >= 0.6 is 0 Å². The number of aromatic nitrogens is 4. The van der Waals surface area contributed by atoms with Crippen molar-refractivity contribution in [1.29, 1.82) is 0 Å². The molecule has 1 amide bonds. The van der Waals surface area contributed by atoms with Gasteiger partial charge < -0.3 is 9.80 Å². The fourth-order valence-electron chi connectivity index (χ4n) is 3.70. The molecule has 1 aliphatic heterocycles. The van der Waals surface area contributed by atoms with Crippen LogP contribution in [0.3, 0.4) is 0 Å². The number of nitrogens with one attached hydrogen (secondary N) is 1. The topological polar surface area (TPSA) is 78.0 Å². The lowest BCUT2D eigenvalue weighted by Crippen LogP contribution is -2.37. The molecule has 2 aliphatic rings. The number of carbonyl (C=O) groups is 1. The van der Waals surface area contributed by atoms with Crippen LogP contribution in [0.5, 0.6) is 0 Å². The van der Waals surface area contributed by atoms with Crippen LogP contribution < -0.4 is 4.90 Å². The molecule has 0 radical (unpaired) electrons. The van der Waals surface area contributed by atoms with Crippen molar-refractivity contribution in [2.75, 3.05) is 25.0 Å². The Morgan fingerprint density at radius 1 is 1.32 bits per heavy atom. The van der Waals surface area contributed by atoms with E-state index in [0.29, 0.717) is 24.7 Å². The van der Waals surface area contributed by atoms with Gasteiger partial charge in [0.1, 0.15) is 0 Å². The minimum absolute atomic E-state index is 0.00433. The van der Waals surface area contributed by atoms with Gasteiger partial charge in [-0.1, -0.05) is 0 Å². The highest BCUT2D eigenvalue weighted by molar-refractivity contribution is 5.94. The van der Waals surface area contributed by atoms with Gasteiger partial charge in [0.15, 0.2) is 11.5 Å². The highest BCUT2D eigenvalue weighted by Gasteiger charge is 2.33. The maximum atomic E-state index is 13.0. The molecule has 1 N–H and O–H groups in total. The van der Waals surface area contributed by atoms with Crippen LogP contribution in [-0.4, -0.2) is 57.2 Å². The summed E-state index contributed by atoms with van der Waals surface area (Å²) in [6, 6.07) is 0.115. The monoisotopic (exact) mass is 344 g/mol. The molecule has 0 bridgehead atoms. The van der Waals surface area contributed by atoms with Crippen molar-refractivity contribution in [3.05, 3.63) is 35.2 Å². The largest absolute Gasteiger partial charge is 0.339 e. The fourth-order valence-corrected chi connectivity index (χ4v) is 3.70. The zero-order valence-corrected chi connectivity index (χ0v) is 14.2. The van der Waals surface area contributed by atoms with Crippen LogP contribution in [-0.2, 0) is 12.8 Å². The molecular formula is C17H21FN6O. The average molecular weight is 344 g/mol. The minimum atomic E-state index is -0.455. The quantitative estimate of drug-likeness (QED) is 0.914. The predicted molar refractivity (Wildman–Crippen MR) is 89.9 cm³/mol. The molecule has 7 nitrogen and oxygen atoms in total. The number of rotatable bonds is 3. The normalized spacial score (nSPS) is 19.8. The van der Waals surface area contributed by atoms with E-state index in [4.69, 9.17) is 0 Å². The Hall–Kier alpha value is -2.51. The molecule has 1 atom stereocenters. The van der Waals surface area contributed by atoms with Gasteiger partial charge in [-0.05, 0) is 32.1 Å². The van der Waals surface area contributed by atoms with Gasteiger partial charge in [0.2, 0.25) is 5.95 Å². The van der Waals surface area contributed by atoms with Gasteiger partial charge in [-0.15, -0.1) is 0 Å². The lowest BCUT2D eigenvalue weighted by atomic mass is 9.95. The van der Waals surface area contributed by atoms with E-state index in [0.717, 1.165) is 55.8 Å². The number of likely N-dealkylation sites (N-methyl/N-ethyl adjacent to an activating group) is 1. The molecule has 1 unspecified atom stereocenters. The third-order valence-electron chi connectivity index (χ3n) is 5.18. The third kappa shape index (κ3) is 2.96. The van der Waals surface area contributed by atoms with Crippen LogP contribution in [0.1, 0.15) is 41.0 Å². The summed E-state index contributed by atoms with van der Waals surface area (Å²) in [5, 5.41) is 7.32. The number of nitrogens with zero attached hydrogens (tertiary/aromatic N) is 5. The van der Waals surface area contributed by atoms with E-state index >= 15 is 0 Å². The summed E-state index contributed by atoms with van der Waals surface area (Å²) in [5.41, 5.74) is 2.79. The van der Waals surface area contributed by atoms with Crippen LogP contribution in [0.2, 0.25) is 0 Å². The first kappa shape index (κ1) is 16.0. The van der Waals surface area contributed by atoms with Gasteiger partial charge in [-0.2, -0.15) is 5.10 Å². The number of H-pyrrole nitrogens is 1. The Morgan fingerprint density at radius 2 is 2.08 bits per heavy atom. The third-order valence-corrected chi connectivity index (χ3v) is 5.18. The molecule has 132 valence electrons. The van der Waals surface area contributed by atoms with Crippen molar-refractivity contribution in [3.8, 4) is 0 Å². The van der Waals surface area contributed by atoms with Crippen molar-refractivity contribution in [2.45, 2.75) is 38.1 Å². The fraction of sp³-hybridized carbons (Fsp3) is 0.529. The molecule has 25 heavy (non-hydrogen) atoms.